The Morgan fingerprint density at radius 2 is 1.38 bits per heavy atom. The Morgan fingerprint density at radius 1 is 0.875 bits per heavy atom. The van der Waals surface area contributed by atoms with E-state index in [-0.39, 0.29) is 11.3 Å². The summed E-state index contributed by atoms with van der Waals surface area (Å²) < 4.78 is 1.79. The van der Waals surface area contributed by atoms with Gasteiger partial charge in [-0.15, -0.1) is 0 Å². The zero-order chi connectivity index (χ0) is 22.0. The molecule has 0 aromatic heterocycles. The molecule has 0 aliphatic carbocycles. The quantitative estimate of drug-likeness (QED) is 0.331. The first-order valence-corrected chi connectivity index (χ1v) is 11.3. The first kappa shape index (κ1) is 20.5. The van der Waals surface area contributed by atoms with Crippen molar-refractivity contribution in [1.29, 1.82) is 0 Å². The third kappa shape index (κ3) is 3.72. The molecule has 32 heavy (non-hydrogen) atoms. The van der Waals surface area contributed by atoms with Crippen LogP contribution < -0.4 is 10.6 Å². The Hall–Kier alpha value is -3.36. The van der Waals surface area contributed by atoms with Crippen molar-refractivity contribution in [1.82, 2.24) is 20.1 Å². The highest BCUT2D eigenvalue weighted by atomic mass is 32.2. The van der Waals surface area contributed by atoms with Crippen molar-refractivity contribution < 1.29 is 4.79 Å². The van der Waals surface area contributed by atoms with Crippen molar-refractivity contribution in [3.63, 3.8) is 0 Å². The molecule has 162 valence electrons. The highest BCUT2D eigenvalue weighted by Gasteiger charge is 2.48. The maximum Gasteiger partial charge on any atom is 0.241 e. The fourth-order valence-corrected chi connectivity index (χ4v) is 5.21. The lowest BCUT2D eigenvalue weighted by atomic mass is 9.76. The SMILES string of the molecule is CN1CN(S[C@H]2NC(=O)[C@H]2NC(c2ccccc2)(c2ccccc2)c2ccccc2)N=N1. The molecule has 1 fully saturated rings. The average molecular weight is 445 g/mol. The van der Waals surface area contributed by atoms with Crippen LogP contribution in [0.15, 0.2) is 101 Å². The summed E-state index contributed by atoms with van der Waals surface area (Å²) in [6.45, 7) is 0.574. The molecule has 5 rings (SSSR count). The van der Waals surface area contributed by atoms with Crippen LogP contribution >= 0.6 is 11.9 Å². The van der Waals surface area contributed by atoms with Crippen molar-refractivity contribution >= 4 is 17.9 Å². The van der Waals surface area contributed by atoms with Gasteiger partial charge in [0.1, 0.15) is 18.1 Å². The number of benzene rings is 3. The predicted octanol–water partition coefficient (Wildman–Crippen LogP) is 3.53. The highest BCUT2D eigenvalue weighted by Crippen LogP contribution is 2.39. The second-order valence-electron chi connectivity index (χ2n) is 7.83. The normalized spacial score (nSPS) is 20.2. The fourth-order valence-electron chi connectivity index (χ4n) is 4.16. The highest BCUT2D eigenvalue weighted by molar-refractivity contribution is 7.97. The van der Waals surface area contributed by atoms with Crippen molar-refractivity contribution in [3.8, 4) is 0 Å². The largest absolute Gasteiger partial charge is 0.339 e. The van der Waals surface area contributed by atoms with Gasteiger partial charge >= 0.3 is 0 Å². The van der Waals surface area contributed by atoms with E-state index in [2.05, 4.69) is 57.5 Å². The summed E-state index contributed by atoms with van der Waals surface area (Å²) in [4.78, 5) is 12.8. The van der Waals surface area contributed by atoms with E-state index >= 15 is 0 Å². The molecule has 3 aromatic carbocycles. The number of hydrogen-bond acceptors (Lipinski definition) is 7. The van der Waals surface area contributed by atoms with E-state index in [1.165, 1.54) is 11.9 Å². The summed E-state index contributed by atoms with van der Waals surface area (Å²) in [7, 11) is 1.87. The standard InChI is InChI=1S/C24H24N6OS/c1-29-17-30(28-27-29)32-23-21(22(31)25-23)26-24(18-11-5-2-6-12-18,19-13-7-3-8-14-19)20-15-9-4-10-16-20/h2-16,21,23,26H,17H2,1H3,(H,25,31)/t21-,23-/m1/s1. The molecular weight excluding hydrogens is 420 g/mol. The van der Waals surface area contributed by atoms with Crippen LogP contribution in [0, 0.1) is 0 Å². The van der Waals surface area contributed by atoms with Crippen LogP contribution in [0.4, 0.5) is 0 Å². The van der Waals surface area contributed by atoms with Gasteiger partial charge in [-0.2, -0.15) is 4.41 Å². The van der Waals surface area contributed by atoms with Gasteiger partial charge in [0, 0.05) is 19.0 Å². The maximum absolute atomic E-state index is 12.8. The number of hydrogen-bond donors (Lipinski definition) is 2. The minimum absolute atomic E-state index is 0.0286. The molecule has 1 amide bonds. The molecular formula is C24H24N6OS. The maximum atomic E-state index is 12.8. The van der Waals surface area contributed by atoms with E-state index in [1.807, 2.05) is 61.6 Å². The topological polar surface area (TPSA) is 72.3 Å². The third-order valence-electron chi connectivity index (χ3n) is 5.72. The van der Waals surface area contributed by atoms with Crippen LogP contribution in [-0.4, -0.2) is 40.5 Å². The zero-order valence-corrected chi connectivity index (χ0v) is 18.4. The Kier molecular flexibility index (Phi) is 5.55. The van der Waals surface area contributed by atoms with Gasteiger partial charge in [0.15, 0.2) is 0 Å². The minimum Gasteiger partial charge on any atom is -0.339 e. The molecule has 0 unspecified atom stereocenters. The second kappa shape index (κ2) is 8.64. The second-order valence-corrected chi connectivity index (χ2v) is 8.97. The number of carbonyl (C=O) groups excluding carboxylic acids is 1. The first-order chi connectivity index (χ1) is 15.7. The molecule has 0 spiro atoms. The van der Waals surface area contributed by atoms with Gasteiger partial charge in [-0.05, 0) is 21.9 Å². The molecule has 1 saturated heterocycles. The molecule has 2 N–H and O–H groups in total. The van der Waals surface area contributed by atoms with Gasteiger partial charge in [-0.25, -0.2) is 0 Å². The van der Waals surface area contributed by atoms with Crippen LogP contribution in [0.3, 0.4) is 0 Å². The summed E-state index contributed by atoms with van der Waals surface area (Å²) >= 11 is 1.47. The molecule has 2 heterocycles. The lowest BCUT2D eigenvalue weighted by molar-refractivity contribution is -0.130. The fraction of sp³-hybridized carbons (Fsp3) is 0.208. The Labute approximate surface area is 191 Å². The number of amides is 1. The molecule has 8 heteroatoms. The lowest BCUT2D eigenvalue weighted by Gasteiger charge is -2.45. The summed E-state index contributed by atoms with van der Waals surface area (Å²) in [5.41, 5.74) is 2.51. The average Bonchev–Trinajstić information content (AvgIpc) is 3.26. The van der Waals surface area contributed by atoms with E-state index < -0.39 is 11.6 Å². The molecule has 0 saturated carbocycles. The predicted molar refractivity (Wildman–Crippen MR) is 125 cm³/mol. The van der Waals surface area contributed by atoms with Crippen molar-refractivity contribution in [2.45, 2.75) is 17.0 Å². The number of β-lactam (4-membered cyclic amide) rings is 1. The van der Waals surface area contributed by atoms with Crippen LogP contribution in [0.5, 0.6) is 0 Å². The smallest absolute Gasteiger partial charge is 0.241 e. The molecule has 0 radical (unpaired) electrons. The van der Waals surface area contributed by atoms with Gasteiger partial charge in [0.2, 0.25) is 5.91 Å². The van der Waals surface area contributed by atoms with E-state index in [0.29, 0.717) is 6.67 Å². The van der Waals surface area contributed by atoms with E-state index in [9.17, 15) is 4.79 Å². The third-order valence-corrected chi connectivity index (χ3v) is 6.76. The van der Waals surface area contributed by atoms with E-state index in [4.69, 9.17) is 0 Å². The first-order valence-electron chi connectivity index (χ1n) is 10.5. The van der Waals surface area contributed by atoms with Crippen LogP contribution in [0.2, 0.25) is 0 Å². The van der Waals surface area contributed by atoms with Crippen molar-refractivity contribution in [2.75, 3.05) is 13.7 Å². The molecule has 3 aromatic rings. The van der Waals surface area contributed by atoms with Crippen molar-refractivity contribution in [2.24, 2.45) is 10.4 Å². The number of carbonyl (C=O) groups is 1. The van der Waals surface area contributed by atoms with Gasteiger partial charge in [-0.3, -0.25) is 15.1 Å². The molecule has 2 aliphatic rings. The van der Waals surface area contributed by atoms with Gasteiger partial charge < -0.3 is 5.32 Å². The van der Waals surface area contributed by atoms with Crippen molar-refractivity contribution in [3.05, 3.63) is 108 Å². The zero-order valence-electron chi connectivity index (χ0n) is 17.6. The number of nitrogens with one attached hydrogen (secondary N) is 2. The number of nitrogens with zero attached hydrogens (tertiary/aromatic N) is 4. The van der Waals surface area contributed by atoms with E-state index in [0.717, 1.165) is 16.7 Å². The summed E-state index contributed by atoms with van der Waals surface area (Å²) in [6.07, 6.45) is 0. The minimum atomic E-state index is -0.700. The summed E-state index contributed by atoms with van der Waals surface area (Å²) in [5.74, 6) is -0.0286. The van der Waals surface area contributed by atoms with Crippen LogP contribution in [0.25, 0.3) is 0 Å². The molecule has 0 bridgehead atoms. The summed E-state index contributed by atoms with van der Waals surface area (Å²) in [6, 6.07) is 30.4. The Bertz CT molecular complexity index is 999. The molecule has 7 nitrogen and oxygen atoms in total. The molecule has 2 atom stereocenters. The van der Waals surface area contributed by atoms with Crippen LogP contribution in [0.1, 0.15) is 16.7 Å². The summed E-state index contributed by atoms with van der Waals surface area (Å²) in [5, 5.41) is 16.5. The van der Waals surface area contributed by atoms with Gasteiger partial charge in [-0.1, -0.05) is 96.2 Å². The van der Waals surface area contributed by atoms with E-state index in [1.54, 1.807) is 9.42 Å². The van der Waals surface area contributed by atoms with Gasteiger partial charge in [0.25, 0.3) is 0 Å². The lowest BCUT2D eigenvalue weighted by Crippen LogP contribution is -2.71. The number of rotatable bonds is 7. The van der Waals surface area contributed by atoms with Crippen LogP contribution in [-0.2, 0) is 10.3 Å². The monoisotopic (exact) mass is 444 g/mol. The van der Waals surface area contributed by atoms with Gasteiger partial charge in [0.05, 0.1) is 5.54 Å². The Balaban J connectivity index is 1.57. The molecule has 2 aliphatic heterocycles. The Morgan fingerprint density at radius 3 is 1.78 bits per heavy atom.